The van der Waals surface area contributed by atoms with Crippen molar-refractivity contribution in [2.24, 2.45) is 17.6 Å². The van der Waals surface area contributed by atoms with Crippen molar-refractivity contribution in [1.82, 2.24) is 10.2 Å². The number of nitrogens with one attached hydrogen (secondary N) is 1. The van der Waals surface area contributed by atoms with E-state index in [0.717, 1.165) is 45.3 Å². The molecule has 2 heterocycles. The van der Waals surface area contributed by atoms with E-state index >= 15 is 0 Å². The summed E-state index contributed by atoms with van der Waals surface area (Å²) in [5.74, 6) is 0.744. The normalized spacial score (nSPS) is 26.6. The fourth-order valence-corrected chi connectivity index (χ4v) is 4.71. The van der Waals surface area contributed by atoms with Crippen LogP contribution in [0.5, 0.6) is 0 Å². The summed E-state index contributed by atoms with van der Waals surface area (Å²) in [4.78, 5) is 16.4. The Morgan fingerprint density at radius 2 is 2.41 bits per heavy atom. The van der Waals surface area contributed by atoms with Gasteiger partial charge in [-0.1, -0.05) is 6.42 Å². The second kappa shape index (κ2) is 7.11. The Bertz CT molecular complexity index is 516. The third-order valence-electron chi connectivity index (χ3n) is 5.33. The topological polar surface area (TPSA) is 58.4 Å². The van der Waals surface area contributed by atoms with Crippen molar-refractivity contribution in [3.8, 4) is 0 Å². The number of hydrogen-bond acceptors (Lipinski definition) is 4. The van der Waals surface area contributed by atoms with Gasteiger partial charge >= 0.3 is 0 Å². The lowest BCUT2D eigenvalue weighted by Gasteiger charge is -2.32. The smallest absolute Gasteiger partial charge is 0.223 e. The first-order chi connectivity index (χ1) is 10.7. The van der Waals surface area contributed by atoms with Crippen LogP contribution in [0.4, 0.5) is 0 Å². The van der Waals surface area contributed by atoms with Crippen LogP contribution in [-0.2, 0) is 17.8 Å². The molecule has 0 aromatic carbocycles. The van der Waals surface area contributed by atoms with Crippen molar-refractivity contribution in [2.45, 2.75) is 45.2 Å². The molecule has 0 saturated heterocycles. The van der Waals surface area contributed by atoms with Gasteiger partial charge in [-0.2, -0.15) is 0 Å². The Labute approximate surface area is 137 Å². The third-order valence-corrected chi connectivity index (χ3v) is 6.35. The summed E-state index contributed by atoms with van der Waals surface area (Å²) in [5, 5.41) is 5.36. The van der Waals surface area contributed by atoms with E-state index in [1.807, 2.05) is 11.3 Å². The van der Waals surface area contributed by atoms with Crippen molar-refractivity contribution in [3.63, 3.8) is 0 Å². The summed E-state index contributed by atoms with van der Waals surface area (Å²) in [6, 6.07) is 2.62. The molecule has 0 radical (unpaired) electrons. The largest absolute Gasteiger partial charge is 0.354 e. The monoisotopic (exact) mass is 321 g/mol. The number of nitrogens with zero attached hydrogens (tertiary/aromatic N) is 1. The Morgan fingerprint density at radius 3 is 3.23 bits per heavy atom. The second-order valence-corrected chi connectivity index (χ2v) is 7.72. The highest BCUT2D eigenvalue weighted by Crippen LogP contribution is 2.31. The summed E-state index contributed by atoms with van der Waals surface area (Å²) < 4.78 is 0. The van der Waals surface area contributed by atoms with Crippen molar-refractivity contribution < 1.29 is 4.79 Å². The maximum atomic E-state index is 12.4. The molecule has 3 atom stereocenters. The number of carbonyl (C=O) groups is 1. The summed E-state index contributed by atoms with van der Waals surface area (Å²) >= 11 is 1.87. The van der Waals surface area contributed by atoms with Crippen LogP contribution in [0.2, 0.25) is 0 Å². The van der Waals surface area contributed by atoms with Crippen LogP contribution in [0.25, 0.3) is 0 Å². The highest BCUT2D eigenvalue weighted by atomic mass is 32.1. The SMILES string of the molecule is CC(CNC(=O)[C@@H]1CCC[C@@H]1CN)N1CCc2sccc2C1. The van der Waals surface area contributed by atoms with E-state index in [1.165, 1.54) is 10.4 Å². The maximum absolute atomic E-state index is 12.4. The van der Waals surface area contributed by atoms with Gasteiger partial charge in [-0.25, -0.2) is 0 Å². The van der Waals surface area contributed by atoms with Crippen LogP contribution in [-0.4, -0.2) is 36.5 Å². The van der Waals surface area contributed by atoms with Crippen molar-refractivity contribution in [2.75, 3.05) is 19.6 Å². The number of thiophene rings is 1. The lowest BCUT2D eigenvalue weighted by molar-refractivity contribution is -0.126. The average Bonchev–Trinajstić information content (AvgIpc) is 3.19. The first kappa shape index (κ1) is 16.0. The summed E-state index contributed by atoms with van der Waals surface area (Å²) in [6.45, 7) is 5.71. The standard InChI is InChI=1S/C17H27N3OS/c1-12(20-7-5-16-14(11-20)6-8-22-16)10-19-17(21)15-4-2-3-13(15)9-18/h6,8,12-13,15H,2-5,7,9-11,18H2,1H3,(H,19,21)/t12?,13-,15-/m1/s1. The molecular formula is C17H27N3OS. The molecule has 1 amide bonds. The first-order valence-electron chi connectivity index (χ1n) is 8.46. The third kappa shape index (κ3) is 3.36. The van der Waals surface area contributed by atoms with Gasteiger partial charge in [0.15, 0.2) is 0 Å². The van der Waals surface area contributed by atoms with Crippen LogP contribution < -0.4 is 11.1 Å². The second-order valence-electron chi connectivity index (χ2n) is 6.72. The van der Waals surface area contributed by atoms with Gasteiger partial charge in [0.25, 0.3) is 0 Å². The molecule has 1 unspecified atom stereocenters. The Balaban J connectivity index is 1.48. The van der Waals surface area contributed by atoms with E-state index in [9.17, 15) is 4.79 Å². The van der Waals surface area contributed by atoms with Gasteiger partial charge in [-0.15, -0.1) is 11.3 Å². The Hall–Kier alpha value is -0.910. The summed E-state index contributed by atoms with van der Waals surface area (Å²) in [7, 11) is 0. The fraction of sp³-hybridized carbons (Fsp3) is 0.706. The van der Waals surface area contributed by atoms with Crippen LogP contribution in [0.3, 0.4) is 0 Å². The minimum atomic E-state index is 0.141. The number of rotatable bonds is 5. The molecule has 3 N–H and O–H groups in total. The predicted molar refractivity (Wildman–Crippen MR) is 90.8 cm³/mol. The van der Waals surface area contributed by atoms with E-state index in [0.29, 0.717) is 18.5 Å². The minimum absolute atomic E-state index is 0.141. The lowest BCUT2D eigenvalue weighted by Crippen LogP contribution is -2.46. The molecule has 5 heteroatoms. The number of fused-ring (bicyclic) bond motifs is 1. The quantitative estimate of drug-likeness (QED) is 0.872. The van der Waals surface area contributed by atoms with E-state index in [1.54, 1.807) is 0 Å². The highest BCUT2D eigenvalue weighted by molar-refractivity contribution is 7.10. The molecule has 1 aromatic rings. The number of nitrogens with two attached hydrogens (primary N) is 1. The number of hydrogen-bond donors (Lipinski definition) is 2. The zero-order valence-corrected chi connectivity index (χ0v) is 14.2. The van der Waals surface area contributed by atoms with E-state index in [2.05, 4.69) is 28.6 Å². The van der Waals surface area contributed by atoms with Crippen LogP contribution in [0.1, 0.15) is 36.6 Å². The number of carbonyl (C=O) groups excluding carboxylic acids is 1. The molecule has 22 heavy (non-hydrogen) atoms. The van der Waals surface area contributed by atoms with Gasteiger partial charge in [0.2, 0.25) is 5.91 Å². The minimum Gasteiger partial charge on any atom is -0.354 e. The van der Waals surface area contributed by atoms with Gasteiger partial charge in [-0.05, 0) is 55.7 Å². The van der Waals surface area contributed by atoms with E-state index in [-0.39, 0.29) is 11.8 Å². The summed E-state index contributed by atoms with van der Waals surface area (Å²) in [6.07, 6.45) is 4.40. The van der Waals surface area contributed by atoms with Crippen LogP contribution in [0.15, 0.2) is 11.4 Å². The van der Waals surface area contributed by atoms with Crippen molar-refractivity contribution >= 4 is 17.2 Å². The van der Waals surface area contributed by atoms with Gasteiger partial charge in [0, 0.05) is 36.5 Å². The molecule has 0 spiro atoms. The molecule has 2 aliphatic rings. The molecule has 1 aromatic heterocycles. The van der Waals surface area contributed by atoms with Gasteiger partial charge in [0.05, 0.1) is 0 Å². The van der Waals surface area contributed by atoms with Crippen molar-refractivity contribution in [3.05, 3.63) is 21.9 Å². The molecule has 1 fully saturated rings. The molecule has 4 nitrogen and oxygen atoms in total. The lowest BCUT2D eigenvalue weighted by atomic mass is 9.95. The van der Waals surface area contributed by atoms with Gasteiger partial charge in [-0.3, -0.25) is 9.69 Å². The zero-order chi connectivity index (χ0) is 15.5. The van der Waals surface area contributed by atoms with Gasteiger partial charge in [0.1, 0.15) is 0 Å². The molecule has 122 valence electrons. The molecule has 1 aliphatic heterocycles. The highest BCUT2D eigenvalue weighted by Gasteiger charge is 2.32. The molecule has 3 rings (SSSR count). The fourth-order valence-electron chi connectivity index (χ4n) is 3.82. The molecule has 1 aliphatic carbocycles. The Kier molecular flexibility index (Phi) is 5.16. The Morgan fingerprint density at radius 1 is 1.55 bits per heavy atom. The zero-order valence-electron chi connectivity index (χ0n) is 13.4. The predicted octanol–water partition coefficient (Wildman–Crippen LogP) is 1.99. The van der Waals surface area contributed by atoms with E-state index < -0.39 is 0 Å². The van der Waals surface area contributed by atoms with Crippen molar-refractivity contribution in [1.29, 1.82) is 0 Å². The first-order valence-corrected chi connectivity index (χ1v) is 9.34. The molecule has 0 bridgehead atoms. The maximum Gasteiger partial charge on any atom is 0.223 e. The average molecular weight is 321 g/mol. The van der Waals surface area contributed by atoms with E-state index in [4.69, 9.17) is 5.73 Å². The van der Waals surface area contributed by atoms with Crippen LogP contribution >= 0.6 is 11.3 Å². The summed E-state index contributed by atoms with van der Waals surface area (Å²) in [5.41, 5.74) is 7.25. The van der Waals surface area contributed by atoms with Gasteiger partial charge < -0.3 is 11.1 Å². The molecule has 1 saturated carbocycles. The van der Waals surface area contributed by atoms with Crippen LogP contribution in [0, 0.1) is 11.8 Å². The molecular weight excluding hydrogens is 294 g/mol. The number of amides is 1.